The van der Waals surface area contributed by atoms with E-state index in [1.54, 1.807) is 19.4 Å². The van der Waals surface area contributed by atoms with Crippen molar-refractivity contribution in [3.8, 4) is 11.6 Å². The number of carbonyl (C=O) groups excluding carboxylic acids is 1. The number of methoxy groups -OCH3 is 1. The Morgan fingerprint density at radius 2 is 1.97 bits per heavy atom. The van der Waals surface area contributed by atoms with Crippen LogP contribution in [-0.2, 0) is 12.8 Å². The second-order valence-corrected chi connectivity index (χ2v) is 9.10. The number of piperidine rings is 1. The molecular formula is C26H30N6O3. The number of hydrogen-bond acceptors (Lipinski definition) is 8. The molecule has 2 aliphatic rings. The van der Waals surface area contributed by atoms with Crippen molar-refractivity contribution in [3.05, 3.63) is 65.2 Å². The average Bonchev–Trinajstić information content (AvgIpc) is 2.89. The van der Waals surface area contributed by atoms with Crippen LogP contribution < -0.4 is 19.7 Å². The van der Waals surface area contributed by atoms with Crippen LogP contribution in [0.2, 0.25) is 0 Å². The summed E-state index contributed by atoms with van der Waals surface area (Å²) >= 11 is 0. The van der Waals surface area contributed by atoms with E-state index in [1.165, 1.54) is 5.56 Å². The third-order valence-electron chi connectivity index (χ3n) is 6.67. The highest BCUT2D eigenvalue weighted by molar-refractivity contribution is 5.92. The lowest BCUT2D eigenvalue weighted by Gasteiger charge is -2.33. The number of ether oxygens (including phenoxy) is 2. The summed E-state index contributed by atoms with van der Waals surface area (Å²) < 4.78 is 11.2. The fourth-order valence-corrected chi connectivity index (χ4v) is 4.78. The Morgan fingerprint density at radius 3 is 2.71 bits per heavy atom. The number of fused-ring (bicyclic) bond motifs is 1. The van der Waals surface area contributed by atoms with E-state index >= 15 is 0 Å². The molecule has 4 heterocycles. The first-order chi connectivity index (χ1) is 17.1. The number of anilines is 1. The molecule has 35 heavy (non-hydrogen) atoms. The molecule has 1 aliphatic carbocycles. The molecule has 3 aromatic heterocycles. The molecule has 9 heteroatoms. The fourth-order valence-electron chi connectivity index (χ4n) is 4.78. The van der Waals surface area contributed by atoms with Crippen LogP contribution in [0, 0.1) is 6.92 Å². The lowest BCUT2D eigenvalue weighted by Crippen LogP contribution is -2.40. The highest BCUT2D eigenvalue weighted by Crippen LogP contribution is 2.25. The highest BCUT2D eigenvalue weighted by Gasteiger charge is 2.25. The van der Waals surface area contributed by atoms with E-state index in [1.807, 2.05) is 31.3 Å². The smallest absolute Gasteiger partial charge is 0.272 e. The van der Waals surface area contributed by atoms with E-state index < -0.39 is 0 Å². The monoisotopic (exact) mass is 474 g/mol. The van der Waals surface area contributed by atoms with Gasteiger partial charge >= 0.3 is 0 Å². The van der Waals surface area contributed by atoms with Gasteiger partial charge < -0.3 is 19.7 Å². The number of aromatic nitrogens is 4. The fraction of sp³-hybridized carbons (Fsp3) is 0.423. The van der Waals surface area contributed by atoms with Crippen LogP contribution in [-0.4, -0.2) is 58.4 Å². The molecule has 0 radical (unpaired) electrons. The molecule has 182 valence electrons. The van der Waals surface area contributed by atoms with Gasteiger partial charge in [0.2, 0.25) is 5.88 Å². The molecule has 0 spiro atoms. The first-order valence-electron chi connectivity index (χ1n) is 12.1. The lowest BCUT2D eigenvalue weighted by atomic mass is 9.92. The predicted molar refractivity (Wildman–Crippen MR) is 131 cm³/mol. The van der Waals surface area contributed by atoms with Gasteiger partial charge in [-0.1, -0.05) is 6.07 Å². The summed E-state index contributed by atoms with van der Waals surface area (Å²) in [6.45, 7) is 3.60. The number of amides is 1. The van der Waals surface area contributed by atoms with Gasteiger partial charge in [0, 0.05) is 49.9 Å². The average molecular weight is 475 g/mol. The quantitative estimate of drug-likeness (QED) is 0.582. The van der Waals surface area contributed by atoms with E-state index in [-0.39, 0.29) is 18.1 Å². The number of nitrogens with zero attached hydrogens (tertiary/aromatic N) is 5. The van der Waals surface area contributed by atoms with Crippen LogP contribution in [0.5, 0.6) is 11.6 Å². The minimum absolute atomic E-state index is 0.0842. The predicted octanol–water partition coefficient (Wildman–Crippen LogP) is 2.92. The number of carbonyl (C=O) groups is 1. The summed E-state index contributed by atoms with van der Waals surface area (Å²) in [6, 6.07) is 9.62. The molecule has 5 rings (SSSR count). The van der Waals surface area contributed by atoms with Crippen molar-refractivity contribution in [2.45, 2.75) is 51.2 Å². The minimum Gasteiger partial charge on any atom is -0.489 e. The van der Waals surface area contributed by atoms with Gasteiger partial charge in [0.15, 0.2) is 11.5 Å². The highest BCUT2D eigenvalue weighted by atomic mass is 16.5. The molecular weight excluding hydrogens is 444 g/mol. The summed E-state index contributed by atoms with van der Waals surface area (Å²) in [4.78, 5) is 23.7. The van der Waals surface area contributed by atoms with Gasteiger partial charge in [0.25, 0.3) is 5.91 Å². The van der Waals surface area contributed by atoms with Crippen LogP contribution in [0.3, 0.4) is 0 Å². The van der Waals surface area contributed by atoms with Crippen molar-refractivity contribution >= 4 is 11.7 Å². The zero-order valence-electron chi connectivity index (χ0n) is 20.1. The Balaban J connectivity index is 1.15. The van der Waals surface area contributed by atoms with E-state index in [9.17, 15) is 4.79 Å². The molecule has 1 atom stereocenters. The van der Waals surface area contributed by atoms with Crippen molar-refractivity contribution in [1.29, 1.82) is 0 Å². The first kappa shape index (κ1) is 23.0. The summed E-state index contributed by atoms with van der Waals surface area (Å²) in [5, 5.41) is 11.8. The van der Waals surface area contributed by atoms with Gasteiger partial charge in [-0.05, 0) is 55.5 Å². The molecule has 0 bridgehead atoms. The Hall–Kier alpha value is -3.75. The standard InChI is InChI=1S/C26H30N6O3/c1-17-14-23(26(33)29-19-5-7-22-18(15-19)4-3-11-27-22)30-31-25(17)32-12-9-20(10-13-32)35-21-6-8-24(34-2)28-16-21/h3-4,6,8,11,14,16,19-20H,5,7,9-10,12-13,15H2,1-2H3,(H,29,33)/t19-/m0/s1. The summed E-state index contributed by atoms with van der Waals surface area (Å²) in [6.07, 6.45) is 7.92. The summed E-state index contributed by atoms with van der Waals surface area (Å²) in [7, 11) is 1.59. The number of nitrogens with one attached hydrogen (secondary N) is 1. The third kappa shape index (κ3) is 5.34. The van der Waals surface area contributed by atoms with Crippen LogP contribution in [0.15, 0.2) is 42.7 Å². The molecule has 0 saturated carbocycles. The van der Waals surface area contributed by atoms with E-state index in [0.29, 0.717) is 11.6 Å². The molecule has 9 nitrogen and oxygen atoms in total. The summed E-state index contributed by atoms with van der Waals surface area (Å²) in [5.41, 5.74) is 3.64. The molecule has 1 saturated heterocycles. The van der Waals surface area contributed by atoms with Gasteiger partial charge in [-0.2, -0.15) is 0 Å². The van der Waals surface area contributed by atoms with E-state index in [4.69, 9.17) is 9.47 Å². The zero-order valence-corrected chi connectivity index (χ0v) is 20.1. The van der Waals surface area contributed by atoms with E-state index in [2.05, 4.69) is 36.4 Å². The molecule has 0 aromatic carbocycles. The van der Waals surface area contributed by atoms with Gasteiger partial charge in [0.1, 0.15) is 11.9 Å². The lowest BCUT2D eigenvalue weighted by molar-refractivity contribution is 0.0927. The van der Waals surface area contributed by atoms with Crippen LogP contribution >= 0.6 is 0 Å². The van der Waals surface area contributed by atoms with Crippen molar-refractivity contribution in [1.82, 2.24) is 25.5 Å². The molecule has 1 amide bonds. The normalized spacial score (nSPS) is 18.0. The van der Waals surface area contributed by atoms with Crippen molar-refractivity contribution < 1.29 is 14.3 Å². The molecule has 3 aromatic rings. The second-order valence-electron chi connectivity index (χ2n) is 9.10. The third-order valence-corrected chi connectivity index (χ3v) is 6.67. The topological polar surface area (TPSA) is 102 Å². The maximum Gasteiger partial charge on any atom is 0.272 e. The SMILES string of the molecule is COc1ccc(OC2CCN(c3nnc(C(=O)N[C@H]4CCc5ncccc5C4)cc3C)CC2)cn1. The van der Waals surface area contributed by atoms with Crippen molar-refractivity contribution in [2.75, 3.05) is 25.1 Å². The Bertz CT molecular complexity index is 1180. The molecule has 0 unspecified atom stereocenters. The first-order valence-corrected chi connectivity index (χ1v) is 12.1. The number of rotatable bonds is 6. The van der Waals surface area contributed by atoms with Gasteiger partial charge in [-0.15, -0.1) is 10.2 Å². The molecule has 1 fully saturated rings. The Labute approximate surface area is 204 Å². The van der Waals surface area contributed by atoms with Crippen LogP contribution in [0.1, 0.15) is 46.6 Å². The van der Waals surface area contributed by atoms with Crippen molar-refractivity contribution in [2.24, 2.45) is 0 Å². The van der Waals surface area contributed by atoms with Gasteiger partial charge in [0.05, 0.1) is 13.3 Å². The maximum atomic E-state index is 12.8. The van der Waals surface area contributed by atoms with Crippen LogP contribution in [0.25, 0.3) is 0 Å². The van der Waals surface area contributed by atoms with Gasteiger partial charge in [-0.25, -0.2) is 4.98 Å². The number of hydrogen-bond donors (Lipinski definition) is 1. The summed E-state index contributed by atoms with van der Waals surface area (Å²) in [5.74, 6) is 1.96. The molecule has 1 N–H and O–H groups in total. The Kier molecular flexibility index (Phi) is 6.74. The van der Waals surface area contributed by atoms with Gasteiger partial charge in [-0.3, -0.25) is 9.78 Å². The number of pyridine rings is 2. The zero-order chi connectivity index (χ0) is 24.2. The Morgan fingerprint density at radius 1 is 1.11 bits per heavy atom. The molecule has 1 aliphatic heterocycles. The number of aryl methyl sites for hydroxylation is 2. The second kappa shape index (κ2) is 10.2. The largest absolute Gasteiger partial charge is 0.489 e. The van der Waals surface area contributed by atoms with Crippen LogP contribution in [0.4, 0.5) is 5.82 Å². The van der Waals surface area contributed by atoms with E-state index in [0.717, 1.165) is 68.0 Å². The minimum atomic E-state index is -0.176. The van der Waals surface area contributed by atoms with Crippen molar-refractivity contribution in [3.63, 3.8) is 0 Å². The maximum absolute atomic E-state index is 12.8.